The third-order valence-corrected chi connectivity index (χ3v) is 5.24. The number of hydrogen-bond acceptors (Lipinski definition) is 4. The van der Waals surface area contributed by atoms with Crippen molar-refractivity contribution in [3.8, 4) is 11.5 Å². The Morgan fingerprint density at radius 3 is 2.74 bits per heavy atom. The van der Waals surface area contributed by atoms with Gasteiger partial charge < -0.3 is 9.47 Å². The minimum Gasteiger partial charge on any atom is -0.493 e. The average Bonchev–Trinajstić information content (AvgIpc) is 3.22. The highest BCUT2D eigenvalue weighted by Gasteiger charge is 2.19. The Morgan fingerprint density at radius 2 is 1.96 bits per heavy atom. The third kappa shape index (κ3) is 4.21. The van der Waals surface area contributed by atoms with Crippen molar-refractivity contribution >= 4 is 11.8 Å². The molecule has 4 heteroatoms. The number of allylic oxidation sites excluding steroid dienone is 1. The van der Waals surface area contributed by atoms with Crippen LogP contribution in [-0.2, 0) is 0 Å². The van der Waals surface area contributed by atoms with Crippen molar-refractivity contribution in [1.82, 2.24) is 4.98 Å². The van der Waals surface area contributed by atoms with Crippen LogP contribution >= 0.6 is 0 Å². The Kier molecular flexibility index (Phi) is 5.52. The highest BCUT2D eigenvalue weighted by atomic mass is 16.5. The smallest absolute Gasteiger partial charge is 0.162 e. The Labute approximate surface area is 161 Å². The van der Waals surface area contributed by atoms with Crippen LogP contribution in [-0.4, -0.2) is 30.5 Å². The zero-order valence-electron chi connectivity index (χ0n) is 15.9. The second kappa shape index (κ2) is 8.38. The van der Waals surface area contributed by atoms with E-state index in [4.69, 9.17) is 14.5 Å². The molecule has 2 heterocycles. The first-order chi connectivity index (χ1) is 13.3. The van der Waals surface area contributed by atoms with Crippen molar-refractivity contribution in [3.05, 3.63) is 59.4 Å². The van der Waals surface area contributed by atoms with Gasteiger partial charge in [-0.15, -0.1) is 0 Å². The molecule has 1 fully saturated rings. The molecule has 0 N–H and O–H groups in total. The van der Waals surface area contributed by atoms with Crippen LogP contribution in [0.1, 0.15) is 49.7 Å². The molecule has 1 aliphatic carbocycles. The van der Waals surface area contributed by atoms with E-state index >= 15 is 0 Å². The van der Waals surface area contributed by atoms with Gasteiger partial charge in [0, 0.05) is 24.5 Å². The minimum atomic E-state index is 0.309. The van der Waals surface area contributed by atoms with Gasteiger partial charge in [-0.2, -0.15) is 0 Å². The Hall–Kier alpha value is -2.62. The van der Waals surface area contributed by atoms with E-state index in [2.05, 4.69) is 29.3 Å². The van der Waals surface area contributed by atoms with Crippen molar-refractivity contribution in [2.24, 2.45) is 4.99 Å². The van der Waals surface area contributed by atoms with Crippen LogP contribution in [0, 0.1) is 0 Å². The first kappa shape index (κ1) is 17.8. The van der Waals surface area contributed by atoms with Crippen LogP contribution in [0.15, 0.2) is 53.3 Å². The van der Waals surface area contributed by atoms with Crippen LogP contribution in [0.4, 0.5) is 0 Å². The van der Waals surface area contributed by atoms with Gasteiger partial charge >= 0.3 is 0 Å². The van der Waals surface area contributed by atoms with Gasteiger partial charge in [0.25, 0.3) is 0 Å². The molecule has 1 aromatic heterocycles. The zero-order chi connectivity index (χ0) is 18.5. The summed E-state index contributed by atoms with van der Waals surface area (Å²) in [5.41, 5.74) is 4.52. The van der Waals surface area contributed by atoms with Crippen molar-refractivity contribution in [1.29, 1.82) is 0 Å². The molecule has 0 radical (unpaired) electrons. The molecule has 0 unspecified atom stereocenters. The lowest BCUT2D eigenvalue weighted by atomic mass is 9.95. The molecule has 0 atom stereocenters. The van der Waals surface area contributed by atoms with Gasteiger partial charge in [0.1, 0.15) is 0 Å². The standard InChI is InChI=1S/C23H26N2O2/c1-26-21-11-10-17(15-22(21)27-20-8-2-3-9-20)14-18-6-5-13-25-23(18)19-7-4-12-24-16-19/h4,7,10-12,14-16,20H,2-3,5-6,8-9,13H2,1H3. The molecule has 0 saturated heterocycles. The SMILES string of the molecule is COc1ccc(C=C2CCCN=C2c2cccnc2)cc1OC1CCCC1. The number of aromatic nitrogens is 1. The minimum absolute atomic E-state index is 0.309. The number of nitrogens with zero attached hydrogens (tertiary/aromatic N) is 2. The molecule has 140 valence electrons. The molecule has 1 saturated carbocycles. The van der Waals surface area contributed by atoms with Crippen LogP contribution in [0.2, 0.25) is 0 Å². The molecule has 4 nitrogen and oxygen atoms in total. The number of rotatable bonds is 5. The van der Waals surface area contributed by atoms with Crippen molar-refractivity contribution in [2.45, 2.75) is 44.6 Å². The summed E-state index contributed by atoms with van der Waals surface area (Å²) in [4.78, 5) is 9.02. The molecule has 4 rings (SSSR count). The van der Waals surface area contributed by atoms with E-state index in [9.17, 15) is 0 Å². The van der Waals surface area contributed by atoms with E-state index in [1.54, 1.807) is 13.3 Å². The Balaban J connectivity index is 1.63. The summed E-state index contributed by atoms with van der Waals surface area (Å²) in [6.45, 7) is 0.875. The van der Waals surface area contributed by atoms with Gasteiger partial charge in [-0.05, 0) is 80.0 Å². The summed E-state index contributed by atoms with van der Waals surface area (Å²) in [6, 6.07) is 10.2. The lowest BCUT2D eigenvalue weighted by Crippen LogP contribution is -2.12. The Bertz CT molecular complexity index is 837. The molecule has 0 spiro atoms. The molecule has 2 aromatic rings. The van der Waals surface area contributed by atoms with Gasteiger partial charge in [-0.1, -0.05) is 6.07 Å². The lowest BCUT2D eigenvalue weighted by Gasteiger charge is -2.18. The van der Waals surface area contributed by atoms with Crippen molar-refractivity contribution < 1.29 is 9.47 Å². The molecule has 0 amide bonds. The van der Waals surface area contributed by atoms with Gasteiger partial charge in [0.15, 0.2) is 11.5 Å². The van der Waals surface area contributed by atoms with Gasteiger partial charge in [0.05, 0.1) is 18.9 Å². The largest absolute Gasteiger partial charge is 0.493 e. The molecule has 1 aliphatic heterocycles. The molecule has 1 aromatic carbocycles. The Morgan fingerprint density at radius 1 is 1.07 bits per heavy atom. The maximum Gasteiger partial charge on any atom is 0.162 e. The average molecular weight is 362 g/mol. The monoisotopic (exact) mass is 362 g/mol. The van der Waals surface area contributed by atoms with Crippen LogP contribution in [0.25, 0.3) is 6.08 Å². The summed E-state index contributed by atoms with van der Waals surface area (Å²) in [5.74, 6) is 1.64. The highest BCUT2D eigenvalue weighted by Crippen LogP contribution is 2.33. The number of hydrogen-bond donors (Lipinski definition) is 0. The van der Waals surface area contributed by atoms with Crippen LogP contribution < -0.4 is 9.47 Å². The molecule has 2 aliphatic rings. The van der Waals surface area contributed by atoms with E-state index in [-0.39, 0.29) is 0 Å². The van der Waals surface area contributed by atoms with E-state index < -0.39 is 0 Å². The third-order valence-electron chi connectivity index (χ3n) is 5.24. The number of aliphatic imine (C=N–C) groups is 1. The first-order valence-electron chi connectivity index (χ1n) is 9.84. The fourth-order valence-corrected chi connectivity index (χ4v) is 3.86. The van der Waals surface area contributed by atoms with Crippen LogP contribution in [0.3, 0.4) is 0 Å². The van der Waals surface area contributed by atoms with E-state index in [0.717, 1.165) is 60.6 Å². The molecular formula is C23H26N2O2. The number of pyridine rings is 1. The molecule has 0 bridgehead atoms. The maximum absolute atomic E-state index is 6.24. The van der Waals surface area contributed by atoms with E-state index in [1.165, 1.54) is 18.4 Å². The predicted octanol–water partition coefficient (Wildman–Crippen LogP) is 5.08. The van der Waals surface area contributed by atoms with Crippen molar-refractivity contribution in [3.63, 3.8) is 0 Å². The van der Waals surface area contributed by atoms with Gasteiger partial charge in [-0.3, -0.25) is 9.98 Å². The first-order valence-corrected chi connectivity index (χ1v) is 9.84. The topological polar surface area (TPSA) is 43.7 Å². The van der Waals surface area contributed by atoms with Crippen LogP contribution in [0.5, 0.6) is 11.5 Å². The summed E-state index contributed by atoms with van der Waals surface area (Å²) in [5, 5.41) is 0. The second-order valence-electron chi connectivity index (χ2n) is 7.18. The van der Waals surface area contributed by atoms with Gasteiger partial charge in [-0.25, -0.2) is 0 Å². The number of methoxy groups -OCH3 is 1. The zero-order valence-corrected chi connectivity index (χ0v) is 15.9. The summed E-state index contributed by atoms with van der Waals surface area (Å²) >= 11 is 0. The predicted molar refractivity (Wildman–Crippen MR) is 109 cm³/mol. The number of ether oxygens (including phenoxy) is 2. The van der Waals surface area contributed by atoms with Gasteiger partial charge in [0.2, 0.25) is 0 Å². The molecule has 27 heavy (non-hydrogen) atoms. The fraction of sp³-hybridized carbons (Fsp3) is 0.391. The number of benzene rings is 1. The van der Waals surface area contributed by atoms with Crippen molar-refractivity contribution in [2.75, 3.05) is 13.7 Å². The normalized spacial score (nSPS) is 19.1. The fourth-order valence-electron chi connectivity index (χ4n) is 3.86. The molecular weight excluding hydrogens is 336 g/mol. The summed E-state index contributed by atoms with van der Waals surface area (Å²) in [7, 11) is 1.70. The maximum atomic E-state index is 6.24. The lowest BCUT2D eigenvalue weighted by molar-refractivity contribution is 0.201. The summed E-state index contributed by atoms with van der Waals surface area (Å²) < 4.78 is 11.8. The van der Waals surface area contributed by atoms with E-state index in [0.29, 0.717) is 6.10 Å². The van der Waals surface area contributed by atoms with E-state index in [1.807, 2.05) is 18.3 Å². The summed E-state index contributed by atoms with van der Waals surface area (Å²) in [6.07, 6.45) is 13.1. The quantitative estimate of drug-likeness (QED) is 0.745. The second-order valence-corrected chi connectivity index (χ2v) is 7.18. The highest BCUT2D eigenvalue weighted by molar-refractivity contribution is 6.15.